The highest BCUT2D eigenvalue weighted by Gasteiger charge is 2.53. The van der Waals surface area contributed by atoms with E-state index in [1.807, 2.05) is 0 Å². The monoisotopic (exact) mass is 270 g/mol. The summed E-state index contributed by atoms with van der Waals surface area (Å²) >= 11 is 1.75. The van der Waals surface area contributed by atoms with Crippen molar-refractivity contribution in [3.05, 3.63) is 0 Å². The van der Waals surface area contributed by atoms with Crippen molar-refractivity contribution in [2.75, 3.05) is 24.6 Å². The molecule has 0 aromatic heterocycles. The van der Waals surface area contributed by atoms with Crippen molar-refractivity contribution < 1.29 is 9.90 Å². The molecule has 3 aliphatic rings. The molecule has 0 bridgehead atoms. The Morgan fingerprint density at radius 3 is 2.50 bits per heavy atom. The molecule has 0 aromatic rings. The lowest BCUT2D eigenvalue weighted by Crippen LogP contribution is -2.47. The molecule has 3 N–H and O–H groups in total. The molecule has 5 heteroatoms. The van der Waals surface area contributed by atoms with Crippen molar-refractivity contribution in [2.24, 2.45) is 11.3 Å². The molecule has 0 aromatic carbocycles. The van der Waals surface area contributed by atoms with Crippen LogP contribution in [0.5, 0.6) is 0 Å². The summed E-state index contributed by atoms with van der Waals surface area (Å²) in [7, 11) is 0. The highest BCUT2D eigenvalue weighted by atomic mass is 32.2. The van der Waals surface area contributed by atoms with E-state index >= 15 is 0 Å². The first-order valence-electron chi connectivity index (χ1n) is 6.94. The molecule has 3 fully saturated rings. The highest BCUT2D eigenvalue weighted by molar-refractivity contribution is 7.99. The van der Waals surface area contributed by atoms with Gasteiger partial charge < -0.3 is 15.7 Å². The van der Waals surface area contributed by atoms with Crippen molar-refractivity contribution in [1.29, 1.82) is 0 Å². The van der Waals surface area contributed by atoms with Gasteiger partial charge in [-0.3, -0.25) is 0 Å². The van der Waals surface area contributed by atoms with Gasteiger partial charge in [-0.25, -0.2) is 4.79 Å². The van der Waals surface area contributed by atoms with Crippen LogP contribution >= 0.6 is 11.8 Å². The summed E-state index contributed by atoms with van der Waals surface area (Å²) in [4.78, 5) is 11.7. The second-order valence-corrected chi connectivity index (χ2v) is 7.30. The van der Waals surface area contributed by atoms with Crippen molar-refractivity contribution in [1.82, 2.24) is 10.6 Å². The number of thioether (sulfide) groups is 1. The fourth-order valence-electron chi connectivity index (χ4n) is 2.89. The van der Waals surface area contributed by atoms with Gasteiger partial charge in [0.05, 0.1) is 5.60 Å². The SMILES string of the molecule is O=C(NCC1(O)CCSC1)NCC1(C2CC2)CC1. The van der Waals surface area contributed by atoms with Crippen LogP contribution in [0.1, 0.15) is 32.1 Å². The lowest BCUT2D eigenvalue weighted by molar-refractivity contribution is 0.0699. The Labute approximate surface area is 112 Å². The van der Waals surface area contributed by atoms with Crippen LogP contribution in [-0.4, -0.2) is 41.3 Å². The van der Waals surface area contributed by atoms with Crippen LogP contribution in [0.15, 0.2) is 0 Å². The maximum atomic E-state index is 11.7. The topological polar surface area (TPSA) is 61.4 Å². The molecule has 1 heterocycles. The zero-order chi connectivity index (χ0) is 12.6. The number of urea groups is 1. The predicted molar refractivity (Wildman–Crippen MR) is 72.7 cm³/mol. The molecule has 1 atom stereocenters. The maximum Gasteiger partial charge on any atom is 0.314 e. The fraction of sp³-hybridized carbons (Fsp3) is 0.923. The van der Waals surface area contributed by atoms with Gasteiger partial charge in [0.25, 0.3) is 0 Å². The van der Waals surface area contributed by atoms with E-state index in [0.29, 0.717) is 12.0 Å². The first-order chi connectivity index (χ1) is 8.62. The molecule has 3 rings (SSSR count). The molecule has 0 spiro atoms. The summed E-state index contributed by atoms with van der Waals surface area (Å²) in [6.45, 7) is 1.19. The summed E-state index contributed by atoms with van der Waals surface area (Å²) in [5, 5.41) is 15.9. The van der Waals surface area contributed by atoms with Gasteiger partial charge >= 0.3 is 6.03 Å². The average molecular weight is 270 g/mol. The zero-order valence-electron chi connectivity index (χ0n) is 10.7. The molecule has 2 aliphatic carbocycles. The quantitative estimate of drug-likeness (QED) is 0.706. The first-order valence-corrected chi connectivity index (χ1v) is 8.09. The van der Waals surface area contributed by atoms with E-state index in [0.717, 1.165) is 30.4 Å². The van der Waals surface area contributed by atoms with E-state index in [9.17, 15) is 9.90 Å². The van der Waals surface area contributed by atoms with Crippen LogP contribution in [0.25, 0.3) is 0 Å². The Bertz CT molecular complexity index is 326. The first kappa shape index (κ1) is 12.6. The summed E-state index contributed by atoms with van der Waals surface area (Å²) < 4.78 is 0. The average Bonchev–Trinajstić information content (AvgIpc) is 3.24. The smallest absolute Gasteiger partial charge is 0.314 e. The van der Waals surface area contributed by atoms with Crippen molar-refractivity contribution in [3.63, 3.8) is 0 Å². The molecule has 1 aliphatic heterocycles. The molecule has 1 unspecified atom stereocenters. The normalized spacial score (nSPS) is 33.2. The van der Waals surface area contributed by atoms with Crippen molar-refractivity contribution in [2.45, 2.75) is 37.7 Å². The number of carbonyl (C=O) groups is 1. The third kappa shape index (κ3) is 2.77. The molecule has 2 amide bonds. The van der Waals surface area contributed by atoms with Gasteiger partial charge in [-0.1, -0.05) is 0 Å². The third-order valence-electron chi connectivity index (χ3n) is 4.60. The minimum Gasteiger partial charge on any atom is -0.387 e. The van der Waals surface area contributed by atoms with Crippen LogP contribution in [-0.2, 0) is 0 Å². The number of nitrogens with one attached hydrogen (secondary N) is 2. The molecule has 4 nitrogen and oxygen atoms in total. The second kappa shape index (κ2) is 4.60. The van der Waals surface area contributed by atoms with Gasteiger partial charge in [-0.2, -0.15) is 11.8 Å². The van der Waals surface area contributed by atoms with Crippen LogP contribution in [0.2, 0.25) is 0 Å². The van der Waals surface area contributed by atoms with Gasteiger partial charge in [0.1, 0.15) is 0 Å². The number of carbonyl (C=O) groups excluding carboxylic acids is 1. The molecule has 102 valence electrons. The second-order valence-electron chi connectivity index (χ2n) is 6.20. The van der Waals surface area contributed by atoms with E-state index in [4.69, 9.17) is 0 Å². The molecule has 2 saturated carbocycles. The number of rotatable bonds is 5. The Hall–Kier alpha value is -0.420. The molecule has 1 saturated heterocycles. The Kier molecular flexibility index (Phi) is 3.22. The van der Waals surface area contributed by atoms with Crippen molar-refractivity contribution >= 4 is 17.8 Å². The largest absolute Gasteiger partial charge is 0.387 e. The van der Waals surface area contributed by atoms with Crippen LogP contribution < -0.4 is 10.6 Å². The fourth-order valence-corrected chi connectivity index (χ4v) is 4.18. The van der Waals surface area contributed by atoms with Gasteiger partial charge in [0.15, 0.2) is 0 Å². The molecule has 0 radical (unpaired) electrons. The number of hydrogen-bond donors (Lipinski definition) is 3. The van der Waals surface area contributed by atoms with Gasteiger partial charge in [-0.05, 0) is 49.2 Å². The lowest BCUT2D eigenvalue weighted by Gasteiger charge is -2.22. The summed E-state index contributed by atoms with van der Waals surface area (Å²) in [6, 6.07) is -0.118. The van der Waals surface area contributed by atoms with Gasteiger partial charge in [0.2, 0.25) is 0 Å². The minimum atomic E-state index is -0.685. The summed E-state index contributed by atoms with van der Waals surface area (Å²) in [5.41, 5.74) is -0.243. The van der Waals surface area contributed by atoms with E-state index in [-0.39, 0.29) is 6.03 Å². The minimum absolute atomic E-state index is 0.118. The number of amides is 2. The molecular weight excluding hydrogens is 248 g/mol. The van der Waals surface area contributed by atoms with E-state index in [2.05, 4.69) is 10.6 Å². The standard InChI is InChI=1S/C13H22N2O2S/c16-11(15-8-13(17)5-6-18-9-13)14-7-12(3-4-12)10-1-2-10/h10,17H,1-9H2,(H2,14,15,16). The lowest BCUT2D eigenvalue weighted by atomic mass is 10.0. The Balaban J connectivity index is 1.37. The van der Waals surface area contributed by atoms with E-state index < -0.39 is 5.60 Å². The van der Waals surface area contributed by atoms with Crippen LogP contribution in [0, 0.1) is 11.3 Å². The van der Waals surface area contributed by atoms with Crippen LogP contribution in [0.4, 0.5) is 4.79 Å². The summed E-state index contributed by atoms with van der Waals surface area (Å²) in [5.74, 6) is 2.59. The number of hydrogen-bond acceptors (Lipinski definition) is 3. The summed E-state index contributed by atoms with van der Waals surface area (Å²) in [6.07, 6.45) is 6.03. The number of aliphatic hydroxyl groups is 1. The highest BCUT2D eigenvalue weighted by Crippen LogP contribution is 2.60. The van der Waals surface area contributed by atoms with E-state index in [1.54, 1.807) is 11.8 Å². The van der Waals surface area contributed by atoms with E-state index in [1.165, 1.54) is 25.7 Å². The van der Waals surface area contributed by atoms with Gasteiger partial charge in [0, 0.05) is 18.8 Å². The zero-order valence-corrected chi connectivity index (χ0v) is 11.5. The molecule has 18 heavy (non-hydrogen) atoms. The van der Waals surface area contributed by atoms with Crippen LogP contribution in [0.3, 0.4) is 0 Å². The Morgan fingerprint density at radius 2 is 1.94 bits per heavy atom. The predicted octanol–water partition coefficient (Wildman–Crippen LogP) is 1.34. The molecular formula is C13H22N2O2S. The van der Waals surface area contributed by atoms with Gasteiger partial charge in [-0.15, -0.1) is 0 Å². The third-order valence-corrected chi connectivity index (χ3v) is 5.83. The Morgan fingerprint density at radius 1 is 1.22 bits per heavy atom. The maximum absolute atomic E-state index is 11.7. The van der Waals surface area contributed by atoms with Crippen molar-refractivity contribution in [3.8, 4) is 0 Å².